The second-order valence-electron chi connectivity index (χ2n) is 2.45. The minimum atomic E-state index is 0.491. The molecule has 1 heterocycles. The zero-order chi connectivity index (χ0) is 9.14. The van der Waals surface area contributed by atoms with Crippen LogP contribution in [0.5, 0.6) is 5.88 Å². The van der Waals surface area contributed by atoms with Crippen LogP contribution in [0.2, 0.25) is 0 Å². The summed E-state index contributed by atoms with van der Waals surface area (Å²) in [5, 5.41) is 0. The first-order valence-corrected chi connectivity index (χ1v) is 4.38. The van der Waals surface area contributed by atoms with Gasteiger partial charge in [-0.1, -0.05) is 0 Å². The minimum Gasteiger partial charge on any atom is -0.480 e. The Balaban J connectivity index is 3.24. The van der Waals surface area contributed by atoms with E-state index in [1.54, 1.807) is 13.3 Å². The third-order valence-corrected chi connectivity index (χ3v) is 2.52. The lowest BCUT2D eigenvalue weighted by Crippen LogP contribution is -2.03. The van der Waals surface area contributed by atoms with E-state index in [9.17, 15) is 0 Å². The van der Waals surface area contributed by atoms with E-state index in [4.69, 9.17) is 10.5 Å². The third kappa shape index (κ3) is 1.59. The highest BCUT2D eigenvalue weighted by molar-refractivity contribution is 9.10. The van der Waals surface area contributed by atoms with Gasteiger partial charge in [-0.05, 0) is 34.0 Å². The molecule has 1 aromatic rings. The number of ether oxygens (including phenoxy) is 1. The standard InChI is InChI=1S/C8H11BrN2O/c1-5-4-11-8(12-2)7(9)6(5)3-10/h4H,3,10H2,1-2H3. The van der Waals surface area contributed by atoms with Crippen LogP contribution in [0.1, 0.15) is 11.1 Å². The van der Waals surface area contributed by atoms with E-state index in [-0.39, 0.29) is 0 Å². The second kappa shape index (κ2) is 3.87. The lowest BCUT2D eigenvalue weighted by atomic mass is 10.1. The number of nitrogens with two attached hydrogens (primary N) is 1. The fourth-order valence-electron chi connectivity index (χ4n) is 0.985. The summed E-state index contributed by atoms with van der Waals surface area (Å²) in [6.07, 6.45) is 1.76. The lowest BCUT2D eigenvalue weighted by molar-refractivity contribution is 0.394. The monoisotopic (exact) mass is 230 g/mol. The van der Waals surface area contributed by atoms with Gasteiger partial charge in [0.1, 0.15) is 0 Å². The molecule has 0 aliphatic heterocycles. The van der Waals surface area contributed by atoms with Gasteiger partial charge in [0.25, 0.3) is 0 Å². The summed E-state index contributed by atoms with van der Waals surface area (Å²) in [6, 6.07) is 0. The van der Waals surface area contributed by atoms with Crippen molar-refractivity contribution in [2.45, 2.75) is 13.5 Å². The Morgan fingerprint density at radius 3 is 2.83 bits per heavy atom. The molecule has 1 aromatic heterocycles. The quantitative estimate of drug-likeness (QED) is 0.841. The summed E-state index contributed by atoms with van der Waals surface area (Å²) < 4.78 is 5.88. The van der Waals surface area contributed by atoms with Crippen LogP contribution in [0.3, 0.4) is 0 Å². The van der Waals surface area contributed by atoms with Gasteiger partial charge < -0.3 is 10.5 Å². The van der Waals surface area contributed by atoms with Crippen molar-refractivity contribution in [2.24, 2.45) is 5.73 Å². The highest BCUT2D eigenvalue weighted by Gasteiger charge is 2.08. The number of methoxy groups -OCH3 is 1. The number of aryl methyl sites for hydroxylation is 1. The normalized spacial score (nSPS) is 10.0. The van der Waals surface area contributed by atoms with Gasteiger partial charge in [-0.25, -0.2) is 4.98 Å². The molecule has 0 spiro atoms. The predicted molar refractivity (Wildman–Crippen MR) is 51.1 cm³/mol. The van der Waals surface area contributed by atoms with Crippen molar-refractivity contribution in [3.63, 3.8) is 0 Å². The molecule has 0 unspecified atom stereocenters. The molecule has 0 fully saturated rings. The van der Waals surface area contributed by atoms with E-state index < -0.39 is 0 Å². The molecule has 0 atom stereocenters. The first-order valence-electron chi connectivity index (χ1n) is 3.58. The molecule has 0 amide bonds. The number of pyridine rings is 1. The van der Waals surface area contributed by atoms with Crippen molar-refractivity contribution in [3.05, 3.63) is 21.8 Å². The Kier molecular flexibility index (Phi) is 3.05. The minimum absolute atomic E-state index is 0.491. The van der Waals surface area contributed by atoms with E-state index in [2.05, 4.69) is 20.9 Å². The van der Waals surface area contributed by atoms with Gasteiger partial charge >= 0.3 is 0 Å². The number of hydrogen-bond donors (Lipinski definition) is 1. The van der Waals surface area contributed by atoms with Crippen LogP contribution in [-0.4, -0.2) is 12.1 Å². The first-order chi connectivity index (χ1) is 5.70. The van der Waals surface area contributed by atoms with Crippen molar-refractivity contribution in [1.29, 1.82) is 0 Å². The summed E-state index contributed by atoms with van der Waals surface area (Å²) in [4.78, 5) is 4.08. The molecule has 0 aliphatic carbocycles. The van der Waals surface area contributed by atoms with E-state index in [1.165, 1.54) is 0 Å². The van der Waals surface area contributed by atoms with Crippen LogP contribution in [-0.2, 0) is 6.54 Å². The van der Waals surface area contributed by atoms with Gasteiger partial charge in [-0.2, -0.15) is 0 Å². The SMILES string of the molecule is COc1ncc(C)c(CN)c1Br. The number of aromatic nitrogens is 1. The van der Waals surface area contributed by atoms with Gasteiger partial charge in [0.05, 0.1) is 11.6 Å². The van der Waals surface area contributed by atoms with Crippen molar-refractivity contribution >= 4 is 15.9 Å². The molecule has 3 nitrogen and oxygen atoms in total. The smallest absolute Gasteiger partial charge is 0.228 e. The van der Waals surface area contributed by atoms with Crippen LogP contribution in [0, 0.1) is 6.92 Å². The molecular weight excluding hydrogens is 220 g/mol. The maximum atomic E-state index is 5.56. The van der Waals surface area contributed by atoms with Crippen molar-refractivity contribution in [2.75, 3.05) is 7.11 Å². The predicted octanol–water partition coefficient (Wildman–Crippen LogP) is 1.62. The maximum Gasteiger partial charge on any atom is 0.228 e. The summed E-state index contributed by atoms with van der Waals surface area (Å²) in [5.41, 5.74) is 7.68. The van der Waals surface area contributed by atoms with Crippen LogP contribution < -0.4 is 10.5 Å². The summed E-state index contributed by atoms with van der Waals surface area (Å²) in [5.74, 6) is 0.584. The maximum absolute atomic E-state index is 5.56. The van der Waals surface area contributed by atoms with Crippen LogP contribution in [0.15, 0.2) is 10.7 Å². The molecule has 2 N–H and O–H groups in total. The average Bonchev–Trinajstić information content (AvgIpc) is 2.06. The zero-order valence-electron chi connectivity index (χ0n) is 7.10. The molecule has 4 heteroatoms. The van der Waals surface area contributed by atoms with Crippen LogP contribution in [0.25, 0.3) is 0 Å². The molecule has 0 aromatic carbocycles. The van der Waals surface area contributed by atoms with Gasteiger partial charge in [0.15, 0.2) is 0 Å². The highest BCUT2D eigenvalue weighted by atomic mass is 79.9. The Morgan fingerprint density at radius 1 is 1.67 bits per heavy atom. The zero-order valence-corrected chi connectivity index (χ0v) is 8.68. The fourth-order valence-corrected chi connectivity index (χ4v) is 1.72. The average molecular weight is 231 g/mol. The Bertz CT molecular complexity index is 289. The number of rotatable bonds is 2. The second-order valence-corrected chi connectivity index (χ2v) is 3.24. The lowest BCUT2D eigenvalue weighted by Gasteiger charge is -2.08. The summed E-state index contributed by atoms with van der Waals surface area (Å²) in [6.45, 7) is 2.46. The number of halogens is 1. The first kappa shape index (κ1) is 9.48. The van der Waals surface area contributed by atoms with E-state index in [0.29, 0.717) is 12.4 Å². The van der Waals surface area contributed by atoms with Crippen LogP contribution >= 0.6 is 15.9 Å². The van der Waals surface area contributed by atoms with Gasteiger partial charge in [0, 0.05) is 12.7 Å². The molecule has 0 aliphatic rings. The van der Waals surface area contributed by atoms with Crippen molar-refractivity contribution in [3.8, 4) is 5.88 Å². The van der Waals surface area contributed by atoms with Gasteiger partial charge in [-0.15, -0.1) is 0 Å². The molecule has 0 saturated carbocycles. The van der Waals surface area contributed by atoms with E-state index >= 15 is 0 Å². The van der Waals surface area contributed by atoms with E-state index in [0.717, 1.165) is 15.6 Å². The topological polar surface area (TPSA) is 48.1 Å². The molecule has 0 radical (unpaired) electrons. The number of hydrogen-bond acceptors (Lipinski definition) is 3. The summed E-state index contributed by atoms with van der Waals surface area (Å²) >= 11 is 3.38. The highest BCUT2D eigenvalue weighted by Crippen LogP contribution is 2.27. The molecule has 0 saturated heterocycles. The van der Waals surface area contributed by atoms with Gasteiger partial charge in [0.2, 0.25) is 5.88 Å². The van der Waals surface area contributed by atoms with E-state index in [1.807, 2.05) is 6.92 Å². The Labute approximate surface area is 80.1 Å². The van der Waals surface area contributed by atoms with Crippen LogP contribution in [0.4, 0.5) is 0 Å². The van der Waals surface area contributed by atoms with Gasteiger partial charge in [-0.3, -0.25) is 0 Å². The largest absolute Gasteiger partial charge is 0.480 e. The molecule has 1 rings (SSSR count). The molecular formula is C8H11BrN2O. The number of nitrogens with zero attached hydrogens (tertiary/aromatic N) is 1. The fraction of sp³-hybridized carbons (Fsp3) is 0.375. The van der Waals surface area contributed by atoms with Crippen molar-refractivity contribution < 1.29 is 4.74 Å². The third-order valence-electron chi connectivity index (χ3n) is 1.70. The molecule has 12 heavy (non-hydrogen) atoms. The summed E-state index contributed by atoms with van der Waals surface area (Å²) in [7, 11) is 1.59. The Morgan fingerprint density at radius 2 is 2.33 bits per heavy atom. The van der Waals surface area contributed by atoms with Crippen molar-refractivity contribution in [1.82, 2.24) is 4.98 Å². The Hall–Kier alpha value is -0.610. The molecule has 0 bridgehead atoms. The molecule has 66 valence electrons.